The van der Waals surface area contributed by atoms with Crippen LogP contribution in [0, 0.1) is 6.92 Å². The molecule has 2 rings (SSSR count). The van der Waals surface area contributed by atoms with Crippen LogP contribution in [-0.2, 0) is 13.0 Å². The van der Waals surface area contributed by atoms with Gasteiger partial charge in [-0.25, -0.2) is 0 Å². The number of rotatable bonds is 5. The standard InChI is InChI=1S/C17H19BrClNO/c1-11-7-15(18)9-14(8-12(2)20)17(11)21-10-13-3-5-16(19)6-4-13/h3-7,9,12H,8,10,20H2,1-2H3. The van der Waals surface area contributed by atoms with Gasteiger partial charge in [-0.1, -0.05) is 39.7 Å². The number of benzene rings is 2. The minimum absolute atomic E-state index is 0.0941. The maximum absolute atomic E-state index is 6.03. The predicted molar refractivity (Wildman–Crippen MR) is 92.0 cm³/mol. The highest BCUT2D eigenvalue weighted by molar-refractivity contribution is 9.10. The molecule has 4 heteroatoms. The van der Waals surface area contributed by atoms with E-state index >= 15 is 0 Å². The smallest absolute Gasteiger partial charge is 0.126 e. The van der Waals surface area contributed by atoms with Crippen molar-refractivity contribution in [2.75, 3.05) is 0 Å². The van der Waals surface area contributed by atoms with Gasteiger partial charge in [0.1, 0.15) is 12.4 Å². The van der Waals surface area contributed by atoms with E-state index in [1.54, 1.807) is 0 Å². The fourth-order valence-electron chi connectivity index (χ4n) is 2.24. The molecule has 2 aromatic rings. The summed E-state index contributed by atoms with van der Waals surface area (Å²) < 4.78 is 7.08. The van der Waals surface area contributed by atoms with Crippen LogP contribution in [0.2, 0.25) is 5.02 Å². The van der Waals surface area contributed by atoms with Crippen molar-refractivity contribution in [3.8, 4) is 5.75 Å². The number of aryl methyl sites for hydroxylation is 1. The van der Waals surface area contributed by atoms with Gasteiger partial charge in [0.15, 0.2) is 0 Å². The zero-order valence-electron chi connectivity index (χ0n) is 12.2. The lowest BCUT2D eigenvalue weighted by molar-refractivity contribution is 0.300. The van der Waals surface area contributed by atoms with Crippen molar-refractivity contribution in [1.82, 2.24) is 0 Å². The molecule has 0 aliphatic rings. The summed E-state index contributed by atoms with van der Waals surface area (Å²) in [5.41, 5.74) is 9.26. The van der Waals surface area contributed by atoms with Gasteiger partial charge in [-0.3, -0.25) is 0 Å². The summed E-state index contributed by atoms with van der Waals surface area (Å²) in [5, 5.41) is 0.733. The van der Waals surface area contributed by atoms with Crippen molar-refractivity contribution in [2.45, 2.75) is 32.9 Å². The Morgan fingerprint density at radius 1 is 1.24 bits per heavy atom. The Morgan fingerprint density at radius 3 is 2.52 bits per heavy atom. The molecule has 0 aromatic heterocycles. The maximum atomic E-state index is 6.03. The van der Waals surface area contributed by atoms with E-state index in [9.17, 15) is 0 Å². The van der Waals surface area contributed by atoms with Crippen molar-refractivity contribution >= 4 is 27.5 Å². The van der Waals surface area contributed by atoms with Gasteiger partial charge in [0.25, 0.3) is 0 Å². The van der Waals surface area contributed by atoms with Gasteiger partial charge in [0.05, 0.1) is 0 Å². The number of hydrogen-bond acceptors (Lipinski definition) is 2. The monoisotopic (exact) mass is 367 g/mol. The van der Waals surface area contributed by atoms with Crippen LogP contribution in [0.4, 0.5) is 0 Å². The minimum Gasteiger partial charge on any atom is -0.488 e. The number of hydrogen-bond donors (Lipinski definition) is 1. The third-order valence-electron chi connectivity index (χ3n) is 3.15. The van der Waals surface area contributed by atoms with E-state index in [1.807, 2.05) is 38.1 Å². The number of ether oxygens (including phenoxy) is 1. The van der Waals surface area contributed by atoms with Gasteiger partial charge < -0.3 is 10.5 Å². The van der Waals surface area contributed by atoms with Crippen molar-refractivity contribution < 1.29 is 4.74 Å². The van der Waals surface area contributed by atoms with Crippen LogP contribution in [0.1, 0.15) is 23.6 Å². The van der Waals surface area contributed by atoms with Gasteiger partial charge in [0.2, 0.25) is 0 Å². The van der Waals surface area contributed by atoms with Crippen LogP contribution in [0.3, 0.4) is 0 Å². The van der Waals surface area contributed by atoms with Gasteiger partial charge in [-0.2, -0.15) is 0 Å². The second kappa shape index (κ2) is 7.30. The first kappa shape index (κ1) is 16.3. The first-order valence-corrected chi connectivity index (χ1v) is 8.04. The van der Waals surface area contributed by atoms with Crippen LogP contribution in [0.5, 0.6) is 5.75 Å². The first-order valence-electron chi connectivity index (χ1n) is 6.87. The second-order valence-corrected chi connectivity index (χ2v) is 6.66. The Hall–Kier alpha value is -1.03. The molecule has 0 fully saturated rings. The summed E-state index contributed by atoms with van der Waals surface area (Å²) in [5.74, 6) is 0.922. The quantitative estimate of drug-likeness (QED) is 0.816. The van der Waals surface area contributed by atoms with E-state index in [-0.39, 0.29) is 6.04 Å². The third kappa shape index (κ3) is 4.73. The van der Waals surface area contributed by atoms with E-state index in [0.717, 1.165) is 38.4 Å². The predicted octanol–water partition coefficient (Wildman–Crippen LogP) is 4.88. The lowest BCUT2D eigenvalue weighted by atomic mass is 10.0. The zero-order valence-corrected chi connectivity index (χ0v) is 14.5. The lowest BCUT2D eigenvalue weighted by Gasteiger charge is -2.16. The highest BCUT2D eigenvalue weighted by Gasteiger charge is 2.11. The summed E-state index contributed by atoms with van der Waals surface area (Å²) in [6.07, 6.45) is 0.788. The maximum Gasteiger partial charge on any atom is 0.126 e. The molecule has 0 saturated carbocycles. The highest BCUT2D eigenvalue weighted by atomic mass is 79.9. The highest BCUT2D eigenvalue weighted by Crippen LogP contribution is 2.29. The molecule has 1 atom stereocenters. The molecular weight excluding hydrogens is 350 g/mol. The summed E-state index contributed by atoms with van der Waals surface area (Å²) in [4.78, 5) is 0. The zero-order chi connectivity index (χ0) is 15.4. The molecule has 112 valence electrons. The fraction of sp³-hybridized carbons (Fsp3) is 0.294. The molecule has 0 aliphatic heterocycles. The molecule has 2 aromatic carbocycles. The molecule has 2 nitrogen and oxygen atoms in total. The molecule has 0 aliphatic carbocycles. The van der Waals surface area contributed by atoms with Gasteiger partial charge >= 0.3 is 0 Å². The van der Waals surface area contributed by atoms with E-state index in [0.29, 0.717) is 6.61 Å². The van der Waals surface area contributed by atoms with E-state index in [1.165, 1.54) is 0 Å². The molecule has 0 bridgehead atoms. The molecule has 1 unspecified atom stereocenters. The third-order valence-corrected chi connectivity index (χ3v) is 3.86. The van der Waals surface area contributed by atoms with E-state index in [4.69, 9.17) is 22.1 Å². The van der Waals surface area contributed by atoms with Crippen LogP contribution in [-0.4, -0.2) is 6.04 Å². The number of nitrogens with two attached hydrogens (primary N) is 1. The van der Waals surface area contributed by atoms with E-state index < -0.39 is 0 Å². The van der Waals surface area contributed by atoms with Crippen LogP contribution >= 0.6 is 27.5 Å². The van der Waals surface area contributed by atoms with Crippen LogP contribution in [0.15, 0.2) is 40.9 Å². The molecule has 0 saturated heterocycles. The van der Waals surface area contributed by atoms with Crippen molar-refractivity contribution in [3.05, 3.63) is 62.6 Å². The van der Waals surface area contributed by atoms with Gasteiger partial charge in [-0.15, -0.1) is 0 Å². The molecule has 21 heavy (non-hydrogen) atoms. The summed E-state index contributed by atoms with van der Waals surface area (Å²) in [6, 6.07) is 11.9. The Morgan fingerprint density at radius 2 is 1.90 bits per heavy atom. The summed E-state index contributed by atoms with van der Waals surface area (Å²) >= 11 is 9.42. The van der Waals surface area contributed by atoms with Crippen LogP contribution in [0.25, 0.3) is 0 Å². The Kier molecular flexibility index (Phi) is 5.68. The Bertz CT molecular complexity index is 611. The minimum atomic E-state index is 0.0941. The average Bonchev–Trinajstić information content (AvgIpc) is 2.39. The largest absolute Gasteiger partial charge is 0.488 e. The van der Waals surface area contributed by atoms with Crippen molar-refractivity contribution in [2.24, 2.45) is 5.73 Å². The molecule has 0 spiro atoms. The number of halogens is 2. The fourth-order valence-corrected chi connectivity index (χ4v) is 2.99. The first-order chi connectivity index (χ1) is 9.95. The Balaban J connectivity index is 2.19. The SMILES string of the molecule is Cc1cc(Br)cc(CC(C)N)c1OCc1ccc(Cl)cc1. The average molecular weight is 369 g/mol. The van der Waals surface area contributed by atoms with Gasteiger partial charge in [-0.05, 0) is 61.2 Å². The summed E-state index contributed by atoms with van der Waals surface area (Å²) in [7, 11) is 0. The van der Waals surface area contributed by atoms with Crippen molar-refractivity contribution in [1.29, 1.82) is 0 Å². The molecule has 2 N–H and O–H groups in total. The van der Waals surface area contributed by atoms with Crippen LogP contribution < -0.4 is 10.5 Å². The lowest BCUT2D eigenvalue weighted by Crippen LogP contribution is -2.18. The van der Waals surface area contributed by atoms with Crippen molar-refractivity contribution in [3.63, 3.8) is 0 Å². The molecule has 0 heterocycles. The normalized spacial score (nSPS) is 12.2. The molecule has 0 radical (unpaired) electrons. The Labute approximate surface area is 139 Å². The van der Waals surface area contributed by atoms with Gasteiger partial charge in [0, 0.05) is 15.5 Å². The topological polar surface area (TPSA) is 35.2 Å². The van der Waals surface area contributed by atoms with E-state index in [2.05, 4.69) is 28.1 Å². The summed E-state index contributed by atoms with van der Waals surface area (Å²) in [6.45, 7) is 4.57. The second-order valence-electron chi connectivity index (χ2n) is 5.31. The molecule has 0 amide bonds. The molecular formula is C17H19BrClNO.